The maximum atomic E-state index is 10.8. The summed E-state index contributed by atoms with van der Waals surface area (Å²) >= 11 is 0. The minimum Gasteiger partial charge on any atom is -0.779 e. The smallest absolute Gasteiger partial charge is 0.291 e. The quantitative estimate of drug-likeness (QED) is 0.382. The van der Waals surface area contributed by atoms with Gasteiger partial charge in [-0.05, 0) is 6.07 Å². The van der Waals surface area contributed by atoms with E-state index in [0.29, 0.717) is 0 Å². The normalized spacial score (nSPS) is 31.8. The van der Waals surface area contributed by atoms with Gasteiger partial charge in [0.15, 0.2) is 18.5 Å². The number of aliphatic hydroxyl groups excluding tert-OH is 2. The fraction of sp³-hybridized carbons (Fsp3) is 0.455. The molecular weight excluding hydrogens is 305 g/mol. The number of aromatic nitrogens is 1. The molecule has 0 saturated carbocycles. The number of carboxylic acid groups (broad SMARTS) is 1. The molecule has 0 aromatic carbocycles. The lowest BCUT2D eigenvalue weighted by atomic mass is 10.1. The van der Waals surface area contributed by atoms with Gasteiger partial charge in [-0.3, -0.25) is 0 Å². The first-order valence-corrected chi connectivity index (χ1v) is 7.72. The van der Waals surface area contributed by atoms with Crippen LogP contribution >= 0.6 is 7.60 Å². The number of aliphatic hydroxyl groups is 2. The first-order valence-electron chi connectivity index (χ1n) is 5.95. The van der Waals surface area contributed by atoms with Gasteiger partial charge in [-0.25, -0.2) is 0 Å². The number of carboxylic acids is 1. The number of pyridine rings is 1. The van der Waals surface area contributed by atoms with Crippen molar-refractivity contribution in [2.75, 3.05) is 6.16 Å². The molecule has 1 aliphatic rings. The number of carbonyl (C=O) groups is 1. The molecule has 1 aromatic heterocycles. The fourth-order valence-electron chi connectivity index (χ4n) is 2.13. The third-order valence-electron chi connectivity index (χ3n) is 3.10. The van der Waals surface area contributed by atoms with Crippen molar-refractivity contribution in [3.05, 3.63) is 30.1 Å². The highest BCUT2D eigenvalue weighted by Crippen LogP contribution is 2.36. The molecule has 116 valence electrons. The summed E-state index contributed by atoms with van der Waals surface area (Å²) in [5.41, 5.74) is -0.178. The van der Waals surface area contributed by atoms with Gasteiger partial charge in [-0.1, -0.05) is 0 Å². The molecule has 2 rings (SSSR count). The van der Waals surface area contributed by atoms with Crippen LogP contribution < -0.4 is 14.6 Å². The molecule has 1 fully saturated rings. The monoisotopic (exact) mass is 318 g/mol. The van der Waals surface area contributed by atoms with Gasteiger partial charge < -0.3 is 39.2 Å². The maximum absolute atomic E-state index is 10.8. The third-order valence-corrected chi connectivity index (χ3v) is 3.92. The molecule has 10 heteroatoms. The van der Waals surface area contributed by atoms with Crippen LogP contribution in [0.2, 0.25) is 0 Å². The molecule has 9 nitrogen and oxygen atoms in total. The zero-order valence-corrected chi connectivity index (χ0v) is 11.5. The first-order chi connectivity index (χ1) is 9.69. The lowest BCUT2D eigenvalue weighted by Crippen LogP contribution is -2.46. The van der Waals surface area contributed by atoms with Crippen LogP contribution in [0.3, 0.4) is 0 Å². The van der Waals surface area contributed by atoms with E-state index in [-0.39, 0.29) is 5.56 Å². The van der Waals surface area contributed by atoms with E-state index in [9.17, 15) is 29.6 Å². The van der Waals surface area contributed by atoms with Gasteiger partial charge in [0, 0.05) is 12.2 Å². The van der Waals surface area contributed by atoms with Gasteiger partial charge in [0.05, 0.1) is 11.5 Å². The molecule has 5 atom stereocenters. The van der Waals surface area contributed by atoms with Crippen molar-refractivity contribution in [1.29, 1.82) is 0 Å². The lowest BCUT2D eigenvalue weighted by molar-refractivity contribution is -0.765. The predicted octanol–water partition coefficient (Wildman–Crippen LogP) is -3.50. The van der Waals surface area contributed by atoms with Crippen LogP contribution in [0.1, 0.15) is 16.6 Å². The Morgan fingerprint density at radius 3 is 2.67 bits per heavy atom. The Morgan fingerprint density at radius 1 is 1.43 bits per heavy atom. The van der Waals surface area contributed by atoms with E-state index in [1.165, 1.54) is 22.9 Å². The molecule has 1 saturated heterocycles. The van der Waals surface area contributed by atoms with Crippen LogP contribution in [0.4, 0.5) is 0 Å². The van der Waals surface area contributed by atoms with E-state index in [4.69, 9.17) is 9.63 Å². The van der Waals surface area contributed by atoms with Crippen molar-refractivity contribution in [3.8, 4) is 0 Å². The summed E-state index contributed by atoms with van der Waals surface area (Å²) < 4.78 is 17.2. The Morgan fingerprint density at radius 2 is 2.10 bits per heavy atom. The van der Waals surface area contributed by atoms with E-state index in [1.807, 2.05) is 0 Å². The molecule has 1 unspecified atom stereocenters. The predicted molar refractivity (Wildman–Crippen MR) is 61.6 cm³/mol. The molecule has 2 heterocycles. The number of rotatable bonds is 4. The summed E-state index contributed by atoms with van der Waals surface area (Å²) in [6, 6.07) is 2.63. The Balaban J connectivity index is 2.23. The van der Waals surface area contributed by atoms with Crippen LogP contribution in [0.5, 0.6) is 0 Å². The highest BCUT2D eigenvalue weighted by Gasteiger charge is 2.48. The Bertz CT molecular complexity index is 587. The van der Waals surface area contributed by atoms with Gasteiger partial charge in [0.1, 0.15) is 19.8 Å². The molecule has 3 N–H and O–H groups in total. The second-order valence-corrected chi connectivity index (χ2v) is 6.33. The number of nitrogens with zero attached hydrogens (tertiary/aromatic N) is 1. The maximum Gasteiger partial charge on any atom is 0.291 e. The van der Waals surface area contributed by atoms with Crippen molar-refractivity contribution < 1.29 is 43.8 Å². The van der Waals surface area contributed by atoms with Crippen LogP contribution in [0.15, 0.2) is 24.5 Å². The van der Waals surface area contributed by atoms with Gasteiger partial charge in [0.25, 0.3) is 6.23 Å². The summed E-state index contributed by atoms with van der Waals surface area (Å²) in [4.78, 5) is 30.4. The molecule has 0 aliphatic carbocycles. The van der Waals surface area contributed by atoms with Crippen molar-refractivity contribution >= 4 is 13.6 Å². The number of hydrogen-bond donors (Lipinski definition) is 3. The average Bonchev–Trinajstić information content (AvgIpc) is 2.65. The van der Waals surface area contributed by atoms with E-state index in [2.05, 4.69) is 0 Å². The van der Waals surface area contributed by atoms with Crippen molar-refractivity contribution in [3.63, 3.8) is 0 Å². The van der Waals surface area contributed by atoms with Crippen LogP contribution in [-0.4, -0.2) is 45.5 Å². The summed E-state index contributed by atoms with van der Waals surface area (Å²) in [5.74, 6) is -1.44. The second kappa shape index (κ2) is 5.80. The SMILES string of the molecule is O=C([O-])c1ccc[n+]([C@@H]2O[C@H](CP(=O)([O-])O)[C@@H](O)[C@H]2O)c1. The van der Waals surface area contributed by atoms with Gasteiger partial charge in [-0.2, -0.15) is 4.57 Å². The molecule has 0 spiro atoms. The van der Waals surface area contributed by atoms with E-state index in [1.54, 1.807) is 0 Å². The molecule has 0 radical (unpaired) electrons. The Labute approximate surface area is 119 Å². The van der Waals surface area contributed by atoms with Crippen LogP contribution in [-0.2, 0) is 9.30 Å². The molecule has 21 heavy (non-hydrogen) atoms. The van der Waals surface area contributed by atoms with E-state index < -0.39 is 44.3 Å². The van der Waals surface area contributed by atoms with Crippen LogP contribution in [0, 0.1) is 0 Å². The number of hydrogen-bond acceptors (Lipinski definition) is 7. The third kappa shape index (κ3) is 3.65. The highest BCUT2D eigenvalue weighted by atomic mass is 31.2. The second-order valence-electron chi connectivity index (χ2n) is 4.69. The standard InChI is InChI=1S/C11H14NO8P/c13-8-7(5-21(17,18)19)20-10(9(8)14)12-3-1-2-6(4-12)11(15)16/h1-4,7-10,13-14H,5H2,(H2-,15,16,17,18,19)/p-1/t7-,8-,9-,10-/m1/s1. The Hall–Kier alpha value is -1.35. The number of aromatic carboxylic acids is 1. The summed E-state index contributed by atoms with van der Waals surface area (Å²) in [7, 11) is -4.68. The minimum absolute atomic E-state index is 0.178. The zero-order valence-electron chi connectivity index (χ0n) is 10.6. The van der Waals surface area contributed by atoms with Gasteiger partial charge >= 0.3 is 0 Å². The first kappa shape index (κ1) is 16.0. The van der Waals surface area contributed by atoms with Crippen molar-refractivity contribution in [1.82, 2.24) is 0 Å². The Kier molecular flexibility index (Phi) is 4.43. The molecular formula is C11H13NO8P-. The molecule has 1 aliphatic heterocycles. The van der Waals surface area contributed by atoms with E-state index in [0.717, 1.165) is 6.20 Å². The largest absolute Gasteiger partial charge is 0.779 e. The minimum atomic E-state index is -4.68. The average molecular weight is 318 g/mol. The summed E-state index contributed by atoms with van der Waals surface area (Å²) in [6.07, 6.45) is -3.89. The number of ether oxygens (including phenoxy) is 1. The van der Waals surface area contributed by atoms with Crippen molar-refractivity contribution in [2.45, 2.75) is 24.5 Å². The molecule has 0 amide bonds. The van der Waals surface area contributed by atoms with Gasteiger partial charge in [0.2, 0.25) is 0 Å². The summed E-state index contributed by atoms with van der Waals surface area (Å²) in [6.45, 7) is 0. The topological polar surface area (TPSA) is 154 Å². The van der Waals surface area contributed by atoms with E-state index >= 15 is 0 Å². The molecule has 0 bridgehead atoms. The highest BCUT2D eigenvalue weighted by molar-refractivity contribution is 7.50. The number of carbonyl (C=O) groups excluding carboxylic acids is 1. The zero-order chi connectivity index (χ0) is 15.8. The molecule has 1 aromatic rings. The van der Waals surface area contributed by atoms with Crippen molar-refractivity contribution in [2.24, 2.45) is 0 Å². The fourth-order valence-corrected chi connectivity index (χ4v) is 2.88. The summed E-state index contributed by atoms with van der Waals surface area (Å²) in [5, 5.41) is 30.4. The van der Waals surface area contributed by atoms with Gasteiger partial charge in [-0.15, -0.1) is 0 Å². The lowest BCUT2D eigenvalue weighted by Gasteiger charge is -2.21. The van der Waals surface area contributed by atoms with Crippen LogP contribution in [0.25, 0.3) is 0 Å².